The standard InChI is InChI=1S/C14H18Cl2N2O/c1-2-13-5-3-4-6-18(13)14(19)17-12-8-10(15)7-11(16)9-12/h7-9,13H,2-6H2,1H3,(H,17,19)/t13-/m0/s1. The number of benzene rings is 1. The zero-order valence-corrected chi connectivity index (χ0v) is 12.5. The van der Waals surface area contributed by atoms with Crippen LogP contribution in [-0.2, 0) is 0 Å². The van der Waals surface area contributed by atoms with E-state index in [1.807, 2.05) is 4.90 Å². The first-order valence-electron chi connectivity index (χ1n) is 6.64. The molecular weight excluding hydrogens is 283 g/mol. The van der Waals surface area contributed by atoms with Crippen LogP contribution in [-0.4, -0.2) is 23.5 Å². The zero-order valence-electron chi connectivity index (χ0n) is 11.0. The predicted molar refractivity (Wildman–Crippen MR) is 80.1 cm³/mol. The van der Waals surface area contributed by atoms with Gasteiger partial charge in [0.05, 0.1) is 0 Å². The monoisotopic (exact) mass is 300 g/mol. The molecule has 19 heavy (non-hydrogen) atoms. The maximum absolute atomic E-state index is 12.3. The van der Waals surface area contributed by atoms with Crippen LogP contribution >= 0.6 is 23.2 Å². The Balaban J connectivity index is 2.07. The molecule has 1 atom stereocenters. The number of anilines is 1. The number of nitrogens with zero attached hydrogens (tertiary/aromatic N) is 1. The smallest absolute Gasteiger partial charge is 0.322 e. The molecule has 0 aromatic heterocycles. The fraction of sp³-hybridized carbons (Fsp3) is 0.500. The summed E-state index contributed by atoms with van der Waals surface area (Å²) in [5.41, 5.74) is 0.642. The molecule has 1 aliphatic rings. The summed E-state index contributed by atoms with van der Waals surface area (Å²) in [6, 6.07) is 5.33. The second-order valence-corrected chi connectivity index (χ2v) is 5.71. The Morgan fingerprint density at radius 2 is 2.00 bits per heavy atom. The van der Waals surface area contributed by atoms with Crippen LogP contribution in [0.3, 0.4) is 0 Å². The van der Waals surface area contributed by atoms with Crippen molar-refractivity contribution in [2.75, 3.05) is 11.9 Å². The van der Waals surface area contributed by atoms with Gasteiger partial charge in [0.15, 0.2) is 0 Å². The number of amides is 2. The number of urea groups is 1. The molecule has 2 rings (SSSR count). The fourth-order valence-corrected chi connectivity index (χ4v) is 3.04. The van der Waals surface area contributed by atoms with Gasteiger partial charge in [-0.1, -0.05) is 30.1 Å². The lowest BCUT2D eigenvalue weighted by Gasteiger charge is -2.35. The third kappa shape index (κ3) is 3.77. The molecule has 0 unspecified atom stereocenters. The minimum Gasteiger partial charge on any atom is -0.322 e. The maximum atomic E-state index is 12.3. The van der Waals surface area contributed by atoms with E-state index >= 15 is 0 Å². The third-order valence-corrected chi connectivity index (χ3v) is 3.91. The van der Waals surface area contributed by atoms with Gasteiger partial charge in [-0.05, 0) is 43.9 Å². The first-order valence-corrected chi connectivity index (χ1v) is 7.39. The van der Waals surface area contributed by atoms with Crippen LogP contribution in [0.15, 0.2) is 18.2 Å². The average Bonchev–Trinajstić information content (AvgIpc) is 2.37. The largest absolute Gasteiger partial charge is 0.322 e. The normalized spacial score (nSPS) is 19.3. The lowest BCUT2D eigenvalue weighted by atomic mass is 10.0. The summed E-state index contributed by atoms with van der Waals surface area (Å²) in [4.78, 5) is 14.2. The van der Waals surface area contributed by atoms with Crippen LogP contribution in [0.2, 0.25) is 10.0 Å². The number of hydrogen-bond donors (Lipinski definition) is 1. The van der Waals surface area contributed by atoms with Gasteiger partial charge >= 0.3 is 6.03 Å². The van der Waals surface area contributed by atoms with E-state index in [-0.39, 0.29) is 6.03 Å². The highest BCUT2D eigenvalue weighted by Crippen LogP contribution is 2.24. The van der Waals surface area contributed by atoms with Crippen LogP contribution in [0, 0.1) is 0 Å². The summed E-state index contributed by atoms with van der Waals surface area (Å²) in [6.07, 6.45) is 4.34. The summed E-state index contributed by atoms with van der Waals surface area (Å²) in [7, 11) is 0. The van der Waals surface area contributed by atoms with Gasteiger partial charge < -0.3 is 10.2 Å². The molecular formula is C14H18Cl2N2O. The Morgan fingerprint density at radius 1 is 1.32 bits per heavy atom. The van der Waals surface area contributed by atoms with Gasteiger partial charge in [-0.25, -0.2) is 4.79 Å². The SMILES string of the molecule is CC[C@H]1CCCCN1C(=O)Nc1cc(Cl)cc(Cl)c1. The third-order valence-electron chi connectivity index (χ3n) is 3.47. The Kier molecular flexibility index (Phi) is 4.94. The molecule has 3 nitrogen and oxygen atoms in total. The van der Waals surface area contributed by atoms with Gasteiger partial charge in [0.1, 0.15) is 0 Å². The van der Waals surface area contributed by atoms with Crippen LogP contribution in [0.5, 0.6) is 0 Å². The lowest BCUT2D eigenvalue weighted by Crippen LogP contribution is -2.45. The van der Waals surface area contributed by atoms with E-state index < -0.39 is 0 Å². The number of carbonyl (C=O) groups excluding carboxylic acids is 1. The molecule has 1 heterocycles. The molecule has 2 amide bonds. The summed E-state index contributed by atoms with van der Waals surface area (Å²) in [5, 5.41) is 3.92. The van der Waals surface area contributed by atoms with E-state index in [0.29, 0.717) is 21.8 Å². The molecule has 1 aromatic rings. The van der Waals surface area contributed by atoms with Gasteiger partial charge in [-0.15, -0.1) is 0 Å². The van der Waals surface area contributed by atoms with Crippen LogP contribution in [0.25, 0.3) is 0 Å². The van der Waals surface area contributed by atoms with E-state index in [4.69, 9.17) is 23.2 Å². The minimum absolute atomic E-state index is 0.0649. The van der Waals surface area contributed by atoms with Crippen LogP contribution in [0.1, 0.15) is 32.6 Å². The highest BCUT2D eigenvalue weighted by molar-refractivity contribution is 6.35. The van der Waals surface area contributed by atoms with Gasteiger partial charge in [-0.2, -0.15) is 0 Å². The predicted octanol–water partition coefficient (Wildman–Crippen LogP) is 4.79. The Hall–Kier alpha value is -0.930. The highest BCUT2D eigenvalue weighted by Gasteiger charge is 2.25. The molecule has 104 valence electrons. The molecule has 0 bridgehead atoms. The van der Waals surface area contributed by atoms with Crippen molar-refractivity contribution in [2.45, 2.75) is 38.6 Å². The molecule has 0 saturated carbocycles. The van der Waals surface area contributed by atoms with Crippen LogP contribution < -0.4 is 5.32 Å². The van der Waals surface area contributed by atoms with Crippen molar-refractivity contribution in [3.05, 3.63) is 28.2 Å². The topological polar surface area (TPSA) is 32.3 Å². The first kappa shape index (κ1) is 14.5. The zero-order chi connectivity index (χ0) is 13.8. The average molecular weight is 301 g/mol. The van der Waals surface area contributed by atoms with Crippen molar-refractivity contribution in [3.8, 4) is 0 Å². The first-order chi connectivity index (χ1) is 9.10. The quantitative estimate of drug-likeness (QED) is 0.837. The van der Waals surface area contributed by atoms with Crippen molar-refractivity contribution in [2.24, 2.45) is 0 Å². The molecule has 1 saturated heterocycles. The second kappa shape index (κ2) is 6.49. The lowest BCUT2D eigenvalue weighted by molar-refractivity contribution is 0.160. The molecule has 1 aliphatic heterocycles. The number of hydrogen-bond acceptors (Lipinski definition) is 1. The van der Waals surface area contributed by atoms with E-state index in [1.54, 1.807) is 18.2 Å². The Bertz CT molecular complexity index is 445. The summed E-state index contributed by atoms with van der Waals surface area (Å²) in [5.74, 6) is 0. The number of likely N-dealkylation sites (tertiary alicyclic amines) is 1. The number of halogens is 2. The highest BCUT2D eigenvalue weighted by atomic mass is 35.5. The Morgan fingerprint density at radius 3 is 2.63 bits per heavy atom. The molecule has 0 spiro atoms. The number of rotatable bonds is 2. The van der Waals surface area contributed by atoms with E-state index in [0.717, 1.165) is 25.8 Å². The van der Waals surface area contributed by atoms with Gasteiger partial charge in [-0.3, -0.25) is 0 Å². The van der Waals surface area contributed by atoms with Gasteiger partial charge in [0.25, 0.3) is 0 Å². The maximum Gasteiger partial charge on any atom is 0.322 e. The van der Waals surface area contributed by atoms with Crippen molar-refractivity contribution in [1.82, 2.24) is 4.90 Å². The summed E-state index contributed by atoms with van der Waals surface area (Å²) >= 11 is 11.9. The molecule has 0 radical (unpaired) electrons. The number of nitrogens with one attached hydrogen (secondary N) is 1. The van der Waals surface area contributed by atoms with Crippen molar-refractivity contribution in [1.29, 1.82) is 0 Å². The van der Waals surface area contributed by atoms with Gasteiger partial charge in [0.2, 0.25) is 0 Å². The Labute approximate surface area is 123 Å². The van der Waals surface area contributed by atoms with Gasteiger partial charge in [0, 0.05) is 28.3 Å². The fourth-order valence-electron chi connectivity index (χ4n) is 2.51. The van der Waals surface area contributed by atoms with E-state index in [2.05, 4.69) is 12.2 Å². The summed E-state index contributed by atoms with van der Waals surface area (Å²) < 4.78 is 0. The molecule has 1 aromatic carbocycles. The van der Waals surface area contributed by atoms with E-state index in [1.165, 1.54) is 6.42 Å². The van der Waals surface area contributed by atoms with Crippen LogP contribution in [0.4, 0.5) is 10.5 Å². The van der Waals surface area contributed by atoms with Crippen molar-refractivity contribution in [3.63, 3.8) is 0 Å². The number of piperidine rings is 1. The minimum atomic E-state index is -0.0649. The molecule has 1 N–H and O–H groups in total. The molecule has 5 heteroatoms. The van der Waals surface area contributed by atoms with E-state index in [9.17, 15) is 4.79 Å². The molecule has 0 aliphatic carbocycles. The number of carbonyl (C=O) groups is 1. The second-order valence-electron chi connectivity index (χ2n) is 4.84. The van der Waals surface area contributed by atoms with Crippen molar-refractivity contribution >= 4 is 34.9 Å². The summed E-state index contributed by atoms with van der Waals surface area (Å²) in [6.45, 7) is 2.94. The molecule has 1 fully saturated rings. The van der Waals surface area contributed by atoms with Crippen molar-refractivity contribution < 1.29 is 4.79 Å².